The summed E-state index contributed by atoms with van der Waals surface area (Å²) in [4.78, 5) is 15.1. The summed E-state index contributed by atoms with van der Waals surface area (Å²) < 4.78 is 5.60. The largest absolute Gasteiger partial charge is 0.362 e. The molecule has 0 heterocycles. The summed E-state index contributed by atoms with van der Waals surface area (Å²) in [7, 11) is 4.13. The van der Waals surface area contributed by atoms with Gasteiger partial charge in [0.2, 0.25) is 5.91 Å². The highest BCUT2D eigenvalue weighted by Gasteiger charge is 2.51. The topological polar surface area (TPSA) is 53.6 Å². The Hall–Kier alpha value is -2.47. The quantitative estimate of drug-likeness (QED) is 0.395. The first-order chi connectivity index (χ1) is 15.4. The Balaban J connectivity index is 1.53. The summed E-state index contributed by atoms with van der Waals surface area (Å²) in [6, 6.07) is 19.0. The van der Waals surface area contributed by atoms with Gasteiger partial charge in [-0.05, 0) is 63.2 Å². The lowest BCUT2D eigenvalue weighted by atomic mass is 9.90. The number of hydrogen-bond donors (Lipinski definition) is 2. The number of nitrogens with zero attached hydrogens (tertiary/aromatic N) is 1. The monoisotopic (exact) mass is 435 g/mol. The smallest absolute Gasteiger partial charge is 0.248 e. The van der Waals surface area contributed by atoms with Gasteiger partial charge >= 0.3 is 0 Å². The SMILES string of the molecule is CCNCOCc1ccc(C[C@@H](CNC(=O)C2=C(C)C2(C)c2ccccc2)N(C)C)cc1. The van der Waals surface area contributed by atoms with Gasteiger partial charge in [0.15, 0.2) is 0 Å². The molecule has 2 atom stereocenters. The number of likely N-dealkylation sites (N-methyl/N-ethyl adjacent to an activating group) is 1. The van der Waals surface area contributed by atoms with Crippen LogP contribution in [0, 0.1) is 0 Å². The van der Waals surface area contributed by atoms with Crippen molar-refractivity contribution < 1.29 is 9.53 Å². The van der Waals surface area contributed by atoms with Crippen LogP contribution in [0.25, 0.3) is 0 Å². The summed E-state index contributed by atoms with van der Waals surface area (Å²) in [5, 5.41) is 6.34. The van der Waals surface area contributed by atoms with Crippen LogP contribution in [0.15, 0.2) is 65.7 Å². The Kier molecular flexibility index (Phi) is 8.24. The van der Waals surface area contributed by atoms with Crippen molar-refractivity contribution in [3.8, 4) is 0 Å². The number of allylic oxidation sites excluding steroid dienone is 1. The molecule has 3 rings (SSSR count). The summed E-state index contributed by atoms with van der Waals surface area (Å²) in [6.45, 7) is 8.96. The predicted molar refractivity (Wildman–Crippen MR) is 130 cm³/mol. The van der Waals surface area contributed by atoms with Gasteiger partial charge in [-0.2, -0.15) is 0 Å². The summed E-state index contributed by atoms with van der Waals surface area (Å²) in [5.41, 5.74) is 5.44. The fraction of sp³-hybridized carbons (Fsp3) is 0.444. The molecule has 172 valence electrons. The molecule has 1 aliphatic rings. The zero-order valence-corrected chi connectivity index (χ0v) is 20.1. The van der Waals surface area contributed by atoms with Crippen molar-refractivity contribution in [2.45, 2.75) is 45.3 Å². The van der Waals surface area contributed by atoms with E-state index in [4.69, 9.17) is 4.74 Å². The van der Waals surface area contributed by atoms with Gasteiger partial charge in [0.25, 0.3) is 0 Å². The van der Waals surface area contributed by atoms with E-state index in [0.29, 0.717) is 19.9 Å². The third-order valence-corrected chi connectivity index (χ3v) is 6.59. The molecule has 2 N–H and O–H groups in total. The molecule has 0 fully saturated rings. The molecule has 5 nitrogen and oxygen atoms in total. The number of hydrogen-bond acceptors (Lipinski definition) is 4. The van der Waals surface area contributed by atoms with Gasteiger partial charge in [0, 0.05) is 23.6 Å². The minimum absolute atomic E-state index is 0.0499. The highest BCUT2D eigenvalue weighted by Crippen LogP contribution is 2.53. The number of carbonyl (C=O) groups is 1. The van der Waals surface area contributed by atoms with E-state index < -0.39 is 0 Å². The second kappa shape index (κ2) is 10.9. The van der Waals surface area contributed by atoms with Crippen LogP contribution in [0.2, 0.25) is 0 Å². The Morgan fingerprint density at radius 3 is 2.34 bits per heavy atom. The van der Waals surface area contributed by atoms with E-state index in [1.54, 1.807) is 0 Å². The number of carbonyl (C=O) groups excluding carboxylic acids is 1. The van der Waals surface area contributed by atoms with Crippen molar-refractivity contribution in [2.75, 3.05) is 33.9 Å². The molecule has 1 amide bonds. The maximum absolute atomic E-state index is 13.0. The lowest BCUT2D eigenvalue weighted by molar-refractivity contribution is -0.117. The standard InChI is InChI=1S/C27H37N3O2/c1-6-28-19-32-18-22-14-12-21(13-15-22)16-24(30(4)5)17-29-26(31)25-20(2)27(25,3)23-10-8-7-9-11-23/h7-15,24,28H,6,16-19H2,1-5H3,(H,29,31)/t24-,27?/m0/s1. The van der Waals surface area contributed by atoms with Crippen molar-refractivity contribution in [1.82, 2.24) is 15.5 Å². The minimum Gasteiger partial charge on any atom is -0.362 e. The van der Waals surface area contributed by atoms with Gasteiger partial charge < -0.3 is 15.0 Å². The normalized spacial score (nSPS) is 18.7. The minimum atomic E-state index is -0.233. The van der Waals surface area contributed by atoms with Crippen LogP contribution in [0.1, 0.15) is 37.5 Å². The number of amides is 1. The zero-order valence-electron chi connectivity index (χ0n) is 20.1. The van der Waals surface area contributed by atoms with Crippen LogP contribution >= 0.6 is 0 Å². The van der Waals surface area contributed by atoms with Crippen molar-refractivity contribution in [2.24, 2.45) is 0 Å². The maximum Gasteiger partial charge on any atom is 0.248 e. The first kappa shape index (κ1) is 24.2. The van der Waals surface area contributed by atoms with Gasteiger partial charge in [-0.1, -0.05) is 61.5 Å². The van der Waals surface area contributed by atoms with Crippen LogP contribution in [-0.4, -0.2) is 50.8 Å². The van der Waals surface area contributed by atoms with Crippen LogP contribution in [-0.2, 0) is 28.0 Å². The molecule has 5 heteroatoms. The van der Waals surface area contributed by atoms with E-state index in [-0.39, 0.29) is 17.4 Å². The molecule has 1 aliphatic carbocycles. The number of nitrogens with one attached hydrogen (secondary N) is 2. The molecule has 32 heavy (non-hydrogen) atoms. The van der Waals surface area contributed by atoms with Crippen LogP contribution < -0.4 is 10.6 Å². The van der Waals surface area contributed by atoms with Crippen molar-refractivity contribution in [1.29, 1.82) is 0 Å². The van der Waals surface area contributed by atoms with E-state index >= 15 is 0 Å². The average molecular weight is 436 g/mol. The third-order valence-electron chi connectivity index (χ3n) is 6.59. The van der Waals surface area contributed by atoms with Gasteiger partial charge in [-0.25, -0.2) is 0 Å². The average Bonchev–Trinajstić information content (AvgIpc) is 3.37. The van der Waals surface area contributed by atoms with Crippen LogP contribution in [0.4, 0.5) is 0 Å². The lowest BCUT2D eigenvalue weighted by Gasteiger charge is -2.25. The second-order valence-electron chi connectivity index (χ2n) is 8.94. The summed E-state index contributed by atoms with van der Waals surface area (Å²) >= 11 is 0. The van der Waals surface area contributed by atoms with Gasteiger partial charge in [0.05, 0.1) is 13.3 Å². The summed E-state index contributed by atoms with van der Waals surface area (Å²) in [5.74, 6) is 0.0499. The van der Waals surface area contributed by atoms with E-state index in [1.165, 1.54) is 11.1 Å². The van der Waals surface area contributed by atoms with Gasteiger partial charge in [-0.15, -0.1) is 0 Å². The zero-order chi connectivity index (χ0) is 23.1. The number of benzene rings is 2. The molecular weight excluding hydrogens is 398 g/mol. The number of ether oxygens (including phenoxy) is 1. The molecule has 0 saturated heterocycles. The maximum atomic E-state index is 13.0. The van der Waals surface area contributed by atoms with E-state index in [9.17, 15) is 4.79 Å². The second-order valence-corrected chi connectivity index (χ2v) is 8.94. The van der Waals surface area contributed by atoms with E-state index in [2.05, 4.69) is 86.8 Å². The van der Waals surface area contributed by atoms with Crippen molar-refractivity contribution in [3.05, 3.63) is 82.4 Å². The first-order valence-electron chi connectivity index (χ1n) is 11.5. The lowest BCUT2D eigenvalue weighted by Crippen LogP contribution is -2.42. The third kappa shape index (κ3) is 5.66. The van der Waals surface area contributed by atoms with Crippen molar-refractivity contribution >= 4 is 5.91 Å². The highest BCUT2D eigenvalue weighted by molar-refractivity contribution is 6.04. The van der Waals surface area contributed by atoms with Gasteiger partial charge in [-0.3, -0.25) is 10.1 Å². The molecule has 0 bridgehead atoms. The molecule has 0 saturated carbocycles. The number of rotatable bonds is 12. The summed E-state index contributed by atoms with van der Waals surface area (Å²) in [6.07, 6.45) is 0.875. The highest BCUT2D eigenvalue weighted by atomic mass is 16.5. The molecule has 1 unspecified atom stereocenters. The Bertz CT molecular complexity index is 922. The first-order valence-corrected chi connectivity index (χ1v) is 11.5. The Morgan fingerprint density at radius 2 is 1.72 bits per heavy atom. The Labute approximate surface area is 192 Å². The van der Waals surface area contributed by atoms with E-state index in [0.717, 1.165) is 29.7 Å². The van der Waals surface area contributed by atoms with E-state index in [1.807, 2.05) is 18.2 Å². The Morgan fingerprint density at radius 1 is 1.06 bits per heavy atom. The molecule has 2 aromatic carbocycles. The molecule has 0 aliphatic heterocycles. The molecular formula is C27H37N3O2. The van der Waals surface area contributed by atoms with Gasteiger partial charge in [0.1, 0.15) is 0 Å². The molecule has 0 radical (unpaired) electrons. The van der Waals surface area contributed by atoms with Crippen molar-refractivity contribution in [3.63, 3.8) is 0 Å². The predicted octanol–water partition coefficient (Wildman–Crippen LogP) is 3.65. The fourth-order valence-electron chi connectivity index (χ4n) is 4.18. The fourth-order valence-corrected chi connectivity index (χ4v) is 4.18. The molecule has 0 spiro atoms. The molecule has 2 aromatic rings. The molecule has 0 aromatic heterocycles. The van der Waals surface area contributed by atoms with Crippen LogP contribution in [0.5, 0.6) is 0 Å². The van der Waals surface area contributed by atoms with Crippen LogP contribution in [0.3, 0.4) is 0 Å².